The van der Waals surface area contributed by atoms with E-state index in [9.17, 15) is 4.39 Å². The van der Waals surface area contributed by atoms with Gasteiger partial charge in [0, 0.05) is 11.1 Å². The number of rotatable bonds is 6. The second-order valence-electron chi connectivity index (χ2n) is 3.98. The second kappa shape index (κ2) is 6.33. The fraction of sp³-hybridized carbons (Fsp3) is 0.286. The second-order valence-corrected chi connectivity index (χ2v) is 3.98. The van der Waals surface area contributed by atoms with Crippen molar-refractivity contribution in [3.63, 3.8) is 0 Å². The lowest BCUT2D eigenvalue weighted by molar-refractivity contribution is 0.103. The summed E-state index contributed by atoms with van der Waals surface area (Å²) < 4.78 is 24.2. The van der Waals surface area contributed by atoms with Crippen LogP contribution in [-0.4, -0.2) is 7.05 Å². The van der Waals surface area contributed by atoms with Crippen LogP contribution in [0.2, 0.25) is 0 Å². The number of hydrogen-bond donors (Lipinski definition) is 1. The Morgan fingerprint density at radius 1 is 1.17 bits per heavy atom. The summed E-state index contributed by atoms with van der Waals surface area (Å²) in [6.07, 6.45) is 1.63. The number of benzene rings is 1. The monoisotopic (exact) mass is 249 g/mol. The SMILES string of the molecule is CNCc1occc1COCc1ccccc1F. The fourth-order valence-corrected chi connectivity index (χ4v) is 1.70. The third-order valence-electron chi connectivity index (χ3n) is 2.65. The predicted octanol–water partition coefficient (Wildman–Crippen LogP) is 2.85. The van der Waals surface area contributed by atoms with Crippen molar-refractivity contribution >= 4 is 0 Å². The molecule has 18 heavy (non-hydrogen) atoms. The minimum atomic E-state index is -0.236. The lowest BCUT2D eigenvalue weighted by Crippen LogP contribution is -2.06. The fourth-order valence-electron chi connectivity index (χ4n) is 1.70. The zero-order valence-electron chi connectivity index (χ0n) is 10.3. The van der Waals surface area contributed by atoms with Gasteiger partial charge in [0.15, 0.2) is 0 Å². The van der Waals surface area contributed by atoms with E-state index in [1.165, 1.54) is 6.07 Å². The predicted molar refractivity (Wildman–Crippen MR) is 66.4 cm³/mol. The highest BCUT2D eigenvalue weighted by atomic mass is 19.1. The summed E-state index contributed by atoms with van der Waals surface area (Å²) in [6, 6.07) is 8.49. The van der Waals surface area contributed by atoms with Gasteiger partial charge in [-0.05, 0) is 19.2 Å². The van der Waals surface area contributed by atoms with E-state index in [4.69, 9.17) is 9.15 Å². The third-order valence-corrected chi connectivity index (χ3v) is 2.65. The van der Waals surface area contributed by atoms with Crippen molar-refractivity contribution in [3.8, 4) is 0 Å². The number of furan rings is 1. The van der Waals surface area contributed by atoms with Crippen LogP contribution in [0.5, 0.6) is 0 Å². The van der Waals surface area contributed by atoms with E-state index in [0.29, 0.717) is 18.7 Å². The van der Waals surface area contributed by atoms with E-state index in [-0.39, 0.29) is 12.4 Å². The quantitative estimate of drug-likeness (QED) is 0.854. The zero-order chi connectivity index (χ0) is 12.8. The molecule has 1 aromatic carbocycles. The van der Waals surface area contributed by atoms with Gasteiger partial charge in [0.25, 0.3) is 0 Å². The van der Waals surface area contributed by atoms with E-state index in [1.807, 2.05) is 13.1 Å². The first-order chi connectivity index (χ1) is 8.81. The molecule has 1 aromatic heterocycles. The topological polar surface area (TPSA) is 34.4 Å². The van der Waals surface area contributed by atoms with Gasteiger partial charge in [-0.25, -0.2) is 4.39 Å². The van der Waals surface area contributed by atoms with E-state index in [1.54, 1.807) is 24.5 Å². The smallest absolute Gasteiger partial charge is 0.128 e. The van der Waals surface area contributed by atoms with Gasteiger partial charge in [-0.1, -0.05) is 18.2 Å². The lowest BCUT2D eigenvalue weighted by Gasteiger charge is -2.05. The molecule has 0 radical (unpaired) electrons. The summed E-state index contributed by atoms with van der Waals surface area (Å²) in [5, 5.41) is 3.02. The number of hydrogen-bond acceptors (Lipinski definition) is 3. The van der Waals surface area contributed by atoms with E-state index in [0.717, 1.165) is 11.3 Å². The molecule has 1 heterocycles. The molecule has 3 nitrogen and oxygen atoms in total. The first-order valence-electron chi connectivity index (χ1n) is 5.82. The molecule has 0 aliphatic carbocycles. The van der Waals surface area contributed by atoms with Crippen LogP contribution in [0, 0.1) is 5.82 Å². The lowest BCUT2D eigenvalue weighted by atomic mass is 10.2. The maximum absolute atomic E-state index is 13.3. The summed E-state index contributed by atoms with van der Waals surface area (Å²) in [4.78, 5) is 0. The normalized spacial score (nSPS) is 10.8. The molecule has 1 N–H and O–H groups in total. The summed E-state index contributed by atoms with van der Waals surface area (Å²) in [5.41, 5.74) is 1.55. The molecule has 0 saturated carbocycles. The van der Waals surface area contributed by atoms with Crippen LogP contribution in [0.15, 0.2) is 41.0 Å². The summed E-state index contributed by atoms with van der Waals surface area (Å²) in [7, 11) is 1.85. The maximum atomic E-state index is 13.3. The molecule has 0 bridgehead atoms. The van der Waals surface area contributed by atoms with Gasteiger partial charge in [0.05, 0.1) is 26.0 Å². The largest absolute Gasteiger partial charge is 0.468 e. The van der Waals surface area contributed by atoms with E-state index in [2.05, 4.69) is 5.32 Å². The van der Waals surface area contributed by atoms with Crippen LogP contribution >= 0.6 is 0 Å². The van der Waals surface area contributed by atoms with Crippen molar-refractivity contribution < 1.29 is 13.5 Å². The van der Waals surface area contributed by atoms with Gasteiger partial charge in [-0.2, -0.15) is 0 Å². The summed E-state index contributed by atoms with van der Waals surface area (Å²) >= 11 is 0. The van der Waals surface area contributed by atoms with E-state index >= 15 is 0 Å². The molecule has 0 atom stereocenters. The highest BCUT2D eigenvalue weighted by Crippen LogP contribution is 2.14. The van der Waals surface area contributed by atoms with Crippen LogP contribution in [0.25, 0.3) is 0 Å². The number of ether oxygens (including phenoxy) is 1. The first-order valence-corrected chi connectivity index (χ1v) is 5.82. The highest BCUT2D eigenvalue weighted by Gasteiger charge is 2.06. The Hall–Kier alpha value is -1.65. The Morgan fingerprint density at radius 3 is 2.72 bits per heavy atom. The van der Waals surface area contributed by atoms with Crippen molar-refractivity contribution in [1.82, 2.24) is 5.32 Å². The van der Waals surface area contributed by atoms with Crippen LogP contribution in [0.4, 0.5) is 4.39 Å². The van der Waals surface area contributed by atoms with Crippen molar-refractivity contribution in [2.24, 2.45) is 0 Å². The van der Waals surface area contributed by atoms with Gasteiger partial charge < -0.3 is 14.5 Å². The van der Waals surface area contributed by atoms with Crippen LogP contribution < -0.4 is 5.32 Å². The average molecular weight is 249 g/mol. The van der Waals surface area contributed by atoms with Gasteiger partial charge in [0.1, 0.15) is 11.6 Å². The molecule has 2 aromatic rings. The maximum Gasteiger partial charge on any atom is 0.128 e. The van der Waals surface area contributed by atoms with Crippen molar-refractivity contribution in [2.75, 3.05) is 7.05 Å². The Kier molecular flexibility index (Phi) is 4.50. The standard InChI is InChI=1S/C14H16FNO2/c1-16-8-14-12(6-7-18-14)10-17-9-11-4-2-3-5-13(11)15/h2-7,16H,8-10H2,1H3. The number of halogens is 1. The molecule has 0 fully saturated rings. The van der Waals surface area contributed by atoms with E-state index < -0.39 is 0 Å². The van der Waals surface area contributed by atoms with Crippen molar-refractivity contribution in [3.05, 3.63) is 59.3 Å². The Morgan fingerprint density at radius 2 is 1.94 bits per heavy atom. The number of nitrogens with one attached hydrogen (secondary N) is 1. The zero-order valence-corrected chi connectivity index (χ0v) is 10.3. The first kappa shape index (κ1) is 12.8. The molecular weight excluding hydrogens is 233 g/mol. The minimum Gasteiger partial charge on any atom is -0.468 e. The molecule has 4 heteroatoms. The molecule has 96 valence electrons. The van der Waals surface area contributed by atoms with Crippen molar-refractivity contribution in [1.29, 1.82) is 0 Å². The molecule has 0 aliphatic heterocycles. The van der Waals surface area contributed by atoms with Gasteiger partial charge in [-0.3, -0.25) is 0 Å². The Bertz CT molecular complexity index is 496. The Balaban J connectivity index is 1.88. The highest BCUT2D eigenvalue weighted by molar-refractivity contribution is 5.17. The van der Waals surface area contributed by atoms with Gasteiger partial charge in [-0.15, -0.1) is 0 Å². The van der Waals surface area contributed by atoms with Crippen LogP contribution in [0.3, 0.4) is 0 Å². The van der Waals surface area contributed by atoms with Gasteiger partial charge >= 0.3 is 0 Å². The average Bonchev–Trinajstić information content (AvgIpc) is 2.80. The van der Waals surface area contributed by atoms with Crippen LogP contribution in [-0.2, 0) is 24.5 Å². The molecule has 0 saturated heterocycles. The molecule has 0 spiro atoms. The third kappa shape index (κ3) is 3.18. The summed E-state index contributed by atoms with van der Waals surface area (Å²) in [6.45, 7) is 1.34. The molecule has 0 amide bonds. The Labute approximate surface area is 106 Å². The van der Waals surface area contributed by atoms with Crippen LogP contribution in [0.1, 0.15) is 16.9 Å². The summed E-state index contributed by atoms with van der Waals surface area (Å²) in [5.74, 6) is 0.617. The molecule has 2 rings (SSSR count). The van der Waals surface area contributed by atoms with Crippen molar-refractivity contribution in [2.45, 2.75) is 19.8 Å². The molecular formula is C14H16FNO2. The van der Waals surface area contributed by atoms with Gasteiger partial charge in [0.2, 0.25) is 0 Å². The minimum absolute atomic E-state index is 0.236. The molecule has 0 unspecified atom stereocenters. The molecule has 0 aliphatic rings.